The largest absolute Gasteiger partial charge is 0.416 e. The molecule has 0 saturated heterocycles. The van der Waals surface area contributed by atoms with Crippen molar-refractivity contribution >= 4 is 9.84 Å². The zero-order valence-corrected chi connectivity index (χ0v) is 27.5. The number of sulfone groups is 1. The van der Waals surface area contributed by atoms with Gasteiger partial charge in [-0.3, -0.25) is 0 Å². The highest BCUT2D eigenvalue weighted by Gasteiger charge is 2.63. The zero-order chi connectivity index (χ0) is 31.6. The Bertz CT molecular complexity index is 1250. The number of hydrogen-bond donors (Lipinski definition) is 2. The van der Waals surface area contributed by atoms with Crippen molar-refractivity contribution in [1.82, 2.24) is 0 Å². The Hall–Kier alpha value is -1.12. The van der Waals surface area contributed by atoms with Crippen LogP contribution >= 0.6 is 0 Å². The molecule has 4 nitrogen and oxygen atoms in total. The number of alkyl halides is 3. The van der Waals surface area contributed by atoms with Crippen LogP contribution < -0.4 is 0 Å². The average molecular weight is 627 g/mol. The average Bonchev–Trinajstić information content (AvgIpc) is 3.30. The monoisotopic (exact) mass is 626 g/mol. The Kier molecular flexibility index (Phi) is 8.73. The molecule has 0 aliphatic heterocycles. The number of hydrogen-bond acceptors (Lipinski definition) is 4. The van der Waals surface area contributed by atoms with Crippen LogP contribution in [-0.4, -0.2) is 41.3 Å². The maximum atomic E-state index is 14.2. The maximum absolute atomic E-state index is 14.2. The van der Waals surface area contributed by atoms with Gasteiger partial charge >= 0.3 is 6.18 Å². The van der Waals surface area contributed by atoms with Crippen molar-refractivity contribution in [3.8, 4) is 0 Å². The fourth-order valence-corrected chi connectivity index (χ4v) is 13.2. The van der Waals surface area contributed by atoms with Crippen LogP contribution in [0.15, 0.2) is 35.2 Å². The zero-order valence-electron chi connectivity index (χ0n) is 26.7. The highest BCUT2D eigenvalue weighted by molar-refractivity contribution is 7.92. The third-order valence-electron chi connectivity index (χ3n) is 13.7. The van der Waals surface area contributed by atoms with Gasteiger partial charge in [0.05, 0.1) is 15.7 Å². The van der Waals surface area contributed by atoms with Gasteiger partial charge in [-0.15, -0.1) is 0 Å². The lowest BCUT2D eigenvalue weighted by molar-refractivity contribution is -0.256. The van der Waals surface area contributed by atoms with Crippen LogP contribution in [0.4, 0.5) is 13.2 Å². The number of halogens is 3. The summed E-state index contributed by atoms with van der Waals surface area (Å²) in [4.78, 5) is 0.0235. The van der Waals surface area contributed by atoms with Crippen molar-refractivity contribution in [1.29, 1.82) is 0 Å². The van der Waals surface area contributed by atoms with E-state index in [4.69, 9.17) is 0 Å². The van der Waals surface area contributed by atoms with Crippen molar-refractivity contribution in [3.63, 3.8) is 0 Å². The molecule has 4 aliphatic rings. The quantitative estimate of drug-likeness (QED) is 0.304. The maximum Gasteiger partial charge on any atom is 0.416 e. The molecule has 4 saturated carbocycles. The molecule has 0 amide bonds. The normalized spacial score (nSPS) is 40.9. The summed E-state index contributed by atoms with van der Waals surface area (Å²) in [5.41, 5.74) is -3.63. The fourth-order valence-electron chi connectivity index (χ4n) is 11.0. The van der Waals surface area contributed by atoms with Crippen LogP contribution in [0.3, 0.4) is 0 Å². The first-order valence-electron chi connectivity index (χ1n) is 16.7. The molecule has 0 heterocycles. The Balaban J connectivity index is 1.47. The van der Waals surface area contributed by atoms with Gasteiger partial charge in [-0.25, -0.2) is 8.42 Å². The van der Waals surface area contributed by atoms with Crippen LogP contribution in [0.1, 0.15) is 112 Å². The van der Waals surface area contributed by atoms with Gasteiger partial charge < -0.3 is 10.2 Å². The molecule has 2 N–H and O–H groups in total. The highest BCUT2D eigenvalue weighted by Crippen LogP contribution is 2.69. The van der Waals surface area contributed by atoms with Gasteiger partial charge in [-0.2, -0.15) is 13.2 Å². The second kappa shape index (κ2) is 11.3. The Morgan fingerprint density at radius 1 is 0.930 bits per heavy atom. The van der Waals surface area contributed by atoms with E-state index in [1.54, 1.807) is 18.2 Å². The predicted molar refractivity (Wildman–Crippen MR) is 163 cm³/mol. The molecular weight excluding hydrogens is 573 g/mol. The van der Waals surface area contributed by atoms with Gasteiger partial charge in [-0.1, -0.05) is 52.3 Å². The molecule has 1 aromatic rings. The van der Waals surface area contributed by atoms with Crippen LogP contribution in [0, 0.1) is 46.3 Å². The molecule has 1 aromatic carbocycles. The summed E-state index contributed by atoms with van der Waals surface area (Å²) in [5, 5.41) is 20.5. The van der Waals surface area contributed by atoms with E-state index in [-0.39, 0.29) is 21.6 Å². The van der Waals surface area contributed by atoms with Crippen molar-refractivity contribution in [2.45, 2.75) is 139 Å². The van der Waals surface area contributed by atoms with Crippen molar-refractivity contribution in [2.75, 3.05) is 0 Å². The number of benzene rings is 1. The standard InChI is InChI=1S/C35H53F3O4S/c1-6-25(30(22-33(5,39)35(36,37)38)43(41,42)24-11-9-8-10-12-24)27-15-16-28-26-14-13-23-21-34(40,7-2)20-19-31(23,3)29(26)17-18-32(27,28)4/h8-12,23,25-30,39-40H,6-7,13-22H2,1-5H3/t23-,25-,26-,27+,28-,29-,30?,31-,32+,33+,34-/m0/s1. The van der Waals surface area contributed by atoms with E-state index >= 15 is 0 Å². The van der Waals surface area contributed by atoms with Gasteiger partial charge in [-0.05, 0) is 130 Å². The molecule has 0 spiro atoms. The van der Waals surface area contributed by atoms with Gasteiger partial charge in [0, 0.05) is 6.42 Å². The molecule has 0 aromatic heterocycles. The lowest BCUT2D eigenvalue weighted by atomic mass is 9.43. The van der Waals surface area contributed by atoms with Crippen molar-refractivity contribution in [3.05, 3.63) is 30.3 Å². The SMILES string of the molecule is CC[C@H](C(C[C@@](C)(O)C(F)(F)F)S(=O)(=O)c1ccccc1)[C@H]1CC[C@H]2[C@@H]3CC[C@H]4C[C@](O)(CC)CC[C@]4(C)[C@H]3CC[C@]12C. The van der Waals surface area contributed by atoms with Gasteiger partial charge in [0.1, 0.15) is 0 Å². The summed E-state index contributed by atoms with van der Waals surface area (Å²) in [7, 11) is -4.15. The summed E-state index contributed by atoms with van der Waals surface area (Å²) in [6.45, 7) is 9.47. The minimum atomic E-state index is -4.94. The van der Waals surface area contributed by atoms with E-state index in [0.29, 0.717) is 30.1 Å². The topological polar surface area (TPSA) is 74.6 Å². The lowest BCUT2D eigenvalue weighted by Gasteiger charge is -2.62. The molecule has 0 radical (unpaired) electrons. The summed E-state index contributed by atoms with van der Waals surface area (Å²) < 4.78 is 70.5. The van der Waals surface area contributed by atoms with Crippen molar-refractivity contribution in [2.24, 2.45) is 46.3 Å². The second-order valence-electron chi connectivity index (χ2n) is 15.6. The molecule has 0 bridgehead atoms. The van der Waals surface area contributed by atoms with Crippen LogP contribution in [0.2, 0.25) is 0 Å². The Morgan fingerprint density at radius 2 is 1.58 bits per heavy atom. The Labute approximate surface area is 257 Å². The number of rotatable bonds is 8. The first-order valence-corrected chi connectivity index (χ1v) is 18.3. The lowest BCUT2D eigenvalue weighted by Crippen LogP contribution is -2.56. The fraction of sp³-hybridized carbons (Fsp3) is 0.829. The van der Waals surface area contributed by atoms with E-state index in [2.05, 4.69) is 20.8 Å². The smallest absolute Gasteiger partial charge is 0.390 e. The molecule has 1 unspecified atom stereocenters. The predicted octanol–water partition coefficient (Wildman–Crippen LogP) is 8.36. The molecule has 244 valence electrons. The Morgan fingerprint density at radius 3 is 2.19 bits per heavy atom. The van der Waals surface area contributed by atoms with E-state index in [1.165, 1.54) is 12.1 Å². The van der Waals surface area contributed by atoms with Crippen LogP contribution in [0.5, 0.6) is 0 Å². The first-order chi connectivity index (χ1) is 19.9. The van der Waals surface area contributed by atoms with Gasteiger partial charge in [0.15, 0.2) is 15.4 Å². The van der Waals surface area contributed by atoms with E-state index in [9.17, 15) is 31.8 Å². The summed E-state index contributed by atoms with van der Waals surface area (Å²) in [6.07, 6.45) is 4.22. The third kappa shape index (κ3) is 5.51. The molecule has 11 atom stereocenters. The van der Waals surface area contributed by atoms with Crippen molar-refractivity contribution < 1.29 is 31.8 Å². The van der Waals surface area contributed by atoms with Gasteiger partial charge in [0.25, 0.3) is 0 Å². The molecule has 8 heteroatoms. The first kappa shape index (κ1) is 33.2. The summed E-state index contributed by atoms with van der Waals surface area (Å²) in [5.74, 6) is 1.50. The van der Waals surface area contributed by atoms with Crippen LogP contribution in [0.25, 0.3) is 0 Å². The van der Waals surface area contributed by atoms with Crippen LogP contribution in [-0.2, 0) is 9.84 Å². The third-order valence-corrected chi connectivity index (χ3v) is 15.9. The van der Waals surface area contributed by atoms with Gasteiger partial charge in [0.2, 0.25) is 0 Å². The summed E-state index contributed by atoms with van der Waals surface area (Å²) >= 11 is 0. The minimum Gasteiger partial charge on any atom is -0.390 e. The van der Waals surface area contributed by atoms with E-state index in [0.717, 1.165) is 71.1 Å². The second-order valence-corrected chi connectivity index (χ2v) is 17.8. The van der Waals surface area contributed by atoms with E-state index in [1.807, 2.05) is 6.92 Å². The molecule has 4 aliphatic carbocycles. The number of aliphatic hydroxyl groups is 2. The number of fused-ring (bicyclic) bond motifs is 5. The molecule has 43 heavy (non-hydrogen) atoms. The van der Waals surface area contributed by atoms with E-state index < -0.39 is 44.8 Å². The molecule has 5 rings (SSSR count). The summed E-state index contributed by atoms with van der Waals surface area (Å²) in [6, 6.07) is 7.83. The minimum absolute atomic E-state index is 0.0235. The molecular formula is C35H53F3O4S. The highest BCUT2D eigenvalue weighted by atomic mass is 32.2. The molecule has 4 fully saturated rings.